The van der Waals surface area contributed by atoms with Crippen molar-refractivity contribution in [2.24, 2.45) is 0 Å². The van der Waals surface area contributed by atoms with E-state index in [1.807, 2.05) is 30.3 Å². The lowest BCUT2D eigenvalue weighted by Gasteiger charge is -2.20. The molecule has 0 heterocycles. The molecule has 2 aromatic carbocycles. The molecule has 0 radical (unpaired) electrons. The van der Waals surface area contributed by atoms with E-state index >= 15 is 0 Å². The predicted octanol–water partition coefficient (Wildman–Crippen LogP) is 3.05. The molecule has 0 aromatic heterocycles. The number of hydrogen-bond acceptors (Lipinski definition) is 5. The maximum atomic E-state index is 12.0. The van der Waals surface area contributed by atoms with Crippen LogP contribution in [0.4, 0.5) is 4.79 Å². The molecule has 0 bridgehead atoms. The van der Waals surface area contributed by atoms with Gasteiger partial charge in [-0.1, -0.05) is 30.3 Å². The van der Waals surface area contributed by atoms with Crippen LogP contribution in [0.1, 0.15) is 36.7 Å². The second-order valence-corrected chi connectivity index (χ2v) is 7.13. The molecule has 0 aliphatic rings. The lowest BCUT2D eigenvalue weighted by atomic mass is 10.1. The highest BCUT2D eigenvalue weighted by Crippen LogP contribution is 2.12. The summed E-state index contributed by atoms with van der Waals surface area (Å²) < 4.78 is 10.6. The Morgan fingerprint density at radius 1 is 0.929 bits per heavy atom. The lowest BCUT2D eigenvalue weighted by molar-refractivity contribution is -0.123. The number of carbonyl (C=O) groups is 3. The van der Waals surface area contributed by atoms with Crippen molar-refractivity contribution < 1.29 is 23.9 Å². The van der Waals surface area contributed by atoms with Crippen LogP contribution in [0.2, 0.25) is 0 Å². The molecule has 0 aliphatic heterocycles. The molecular weight excluding hydrogens is 360 g/mol. The number of hydrogen-bond donors (Lipinski definition) is 2. The minimum Gasteiger partial charge on any atom is -0.489 e. The largest absolute Gasteiger partial charge is 0.489 e. The number of urea groups is 1. The number of carbonyl (C=O) groups excluding carboxylic acids is 3. The molecular formula is C21H24N2O5. The smallest absolute Gasteiger partial charge is 0.338 e. The maximum Gasteiger partial charge on any atom is 0.338 e. The average molecular weight is 384 g/mol. The minimum absolute atomic E-state index is 0.301. The van der Waals surface area contributed by atoms with E-state index in [1.54, 1.807) is 45.0 Å². The van der Waals surface area contributed by atoms with Crippen LogP contribution in [0.5, 0.6) is 5.75 Å². The molecule has 0 unspecified atom stereocenters. The monoisotopic (exact) mass is 384 g/mol. The second-order valence-electron chi connectivity index (χ2n) is 7.13. The Morgan fingerprint density at radius 2 is 1.57 bits per heavy atom. The van der Waals surface area contributed by atoms with Crippen molar-refractivity contribution in [1.29, 1.82) is 0 Å². The van der Waals surface area contributed by atoms with Crippen LogP contribution in [-0.4, -0.2) is 30.1 Å². The third kappa shape index (κ3) is 7.49. The Bertz CT molecular complexity index is 811. The summed E-state index contributed by atoms with van der Waals surface area (Å²) in [6.07, 6.45) is 0. The van der Waals surface area contributed by atoms with Gasteiger partial charge in [0.1, 0.15) is 12.4 Å². The number of benzene rings is 2. The molecule has 7 heteroatoms. The summed E-state index contributed by atoms with van der Waals surface area (Å²) in [7, 11) is 0. The van der Waals surface area contributed by atoms with Crippen molar-refractivity contribution in [3.05, 3.63) is 65.7 Å². The fourth-order valence-electron chi connectivity index (χ4n) is 2.17. The quantitative estimate of drug-likeness (QED) is 0.747. The van der Waals surface area contributed by atoms with Crippen molar-refractivity contribution in [3.8, 4) is 5.75 Å². The van der Waals surface area contributed by atoms with Gasteiger partial charge >= 0.3 is 12.0 Å². The first-order valence-electron chi connectivity index (χ1n) is 8.79. The molecule has 7 nitrogen and oxygen atoms in total. The van der Waals surface area contributed by atoms with Gasteiger partial charge in [-0.05, 0) is 50.6 Å². The van der Waals surface area contributed by atoms with Crippen molar-refractivity contribution >= 4 is 17.9 Å². The molecule has 0 saturated heterocycles. The second kappa shape index (κ2) is 9.55. The summed E-state index contributed by atoms with van der Waals surface area (Å²) in [6.45, 7) is 5.17. The SMILES string of the molecule is CC(C)(C)NC(=O)NC(=O)COC(=O)c1ccc(COc2ccccc2)cc1. The van der Waals surface area contributed by atoms with Gasteiger partial charge < -0.3 is 14.8 Å². The summed E-state index contributed by atoms with van der Waals surface area (Å²) in [6, 6.07) is 15.4. The van der Waals surface area contributed by atoms with Gasteiger partial charge in [0.05, 0.1) is 5.56 Å². The van der Waals surface area contributed by atoms with E-state index in [9.17, 15) is 14.4 Å². The van der Waals surface area contributed by atoms with Crippen LogP contribution in [-0.2, 0) is 16.1 Å². The zero-order chi connectivity index (χ0) is 20.6. The van der Waals surface area contributed by atoms with Crippen molar-refractivity contribution in [3.63, 3.8) is 0 Å². The Balaban J connectivity index is 1.77. The van der Waals surface area contributed by atoms with Gasteiger partial charge in [0.25, 0.3) is 5.91 Å². The summed E-state index contributed by atoms with van der Waals surface area (Å²) in [5.41, 5.74) is 0.708. The van der Waals surface area contributed by atoms with Crippen LogP contribution in [0.3, 0.4) is 0 Å². The third-order valence-corrected chi connectivity index (χ3v) is 3.41. The first kappa shape index (κ1) is 21.0. The van der Waals surface area contributed by atoms with Gasteiger partial charge in [-0.3, -0.25) is 10.1 Å². The molecule has 3 amide bonds. The molecule has 0 aliphatic carbocycles. The zero-order valence-corrected chi connectivity index (χ0v) is 16.2. The highest BCUT2D eigenvalue weighted by Gasteiger charge is 2.17. The van der Waals surface area contributed by atoms with Crippen LogP contribution in [0, 0.1) is 0 Å². The number of rotatable bonds is 6. The van der Waals surface area contributed by atoms with Gasteiger partial charge in [0.15, 0.2) is 6.61 Å². The van der Waals surface area contributed by atoms with Gasteiger partial charge in [0, 0.05) is 5.54 Å². The molecule has 0 fully saturated rings. The first-order chi connectivity index (χ1) is 13.2. The van der Waals surface area contributed by atoms with Crippen LogP contribution >= 0.6 is 0 Å². The van der Waals surface area contributed by atoms with Crippen molar-refractivity contribution in [1.82, 2.24) is 10.6 Å². The molecule has 2 N–H and O–H groups in total. The average Bonchev–Trinajstić information content (AvgIpc) is 2.64. The number of amides is 3. The van der Waals surface area contributed by atoms with Gasteiger partial charge in [0.2, 0.25) is 0 Å². The third-order valence-electron chi connectivity index (χ3n) is 3.41. The Hall–Kier alpha value is -3.35. The predicted molar refractivity (Wildman–Crippen MR) is 104 cm³/mol. The van der Waals surface area contributed by atoms with E-state index in [0.29, 0.717) is 12.2 Å². The number of imide groups is 1. The molecule has 2 rings (SSSR count). The fraction of sp³-hybridized carbons (Fsp3) is 0.286. The van der Waals surface area contributed by atoms with Crippen LogP contribution < -0.4 is 15.4 Å². The molecule has 2 aromatic rings. The van der Waals surface area contributed by atoms with Crippen LogP contribution in [0.15, 0.2) is 54.6 Å². The lowest BCUT2D eigenvalue weighted by Crippen LogP contribution is -2.49. The number of nitrogens with one attached hydrogen (secondary N) is 2. The van der Waals surface area contributed by atoms with E-state index in [1.165, 1.54) is 0 Å². The summed E-state index contributed by atoms with van der Waals surface area (Å²) in [5, 5.41) is 4.68. The molecule has 0 spiro atoms. The van der Waals surface area contributed by atoms with E-state index in [2.05, 4.69) is 10.6 Å². The number of ether oxygens (including phenoxy) is 2. The Kier molecular flexibility index (Phi) is 7.14. The first-order valence-corrected chi connectivity index (χ1v) is 8.79. The van der Waals surface area contributed by atoms with Gasteiger partial charge in [-0.25, -0.2) is 9.59 Å². The Morgan fingerprint density at radius 3 is 2.18 bits per heavy atom. The van der Waals surface area contributed by atoms with E-state index in [-0.39, 0.29) is 0 Å². The summed E-state index contributed by atoms with van der Waals surface area (Å²) >= 11 is 0. The highest BCUT2D eigenvalue weighted by atomic mass is 16.5. The van der Waals surface area contributed by atoms with Crippen molar-refractivity contribution in [2.75, 3.05) is 6.61 Å². The van der Waals surface area contributed by atoms with E-state index in [4.69, 9.17) is 9.47 Å². The topological polar surface area (TPSA) is 93.7 Å². The number of esters is 1. The molecule has 28 heavy (non-hydrogen) atoms. The van der Waals surface area contributed by atoms with E-state index in [0.717, 1.165) is 11.3 Å². The normalized spacial score (nSPS) is 10.7. The summed E-state index contributed by atoms with van der Waals surface area (Å²) in [5.74, 6) is -0.600. The maximum absolute atomic E-state index is 12.0. The Labute approximate surface area is 164 Å². The standard InChI is InChI=1S/C21H24N2O5/c1-21(2,3)23-20(26)22-18(24)14-28-19(25)16-11-9-15(10-12-16)13-27-17-7-5-4-6-8-17/h4-12H,13-14H2,1-3H3,(H2,22,23,24,26). The molecule has 0 atom stereocenters. The number of para-hydroxylation sites is 1. The minimum atomic E-state index is -0.706. The molecule has 148 valence electrons. The molecule has 0 saturated carbocycles. The van der Waals surface area contributed by atoms with E-state index < -0.39 is 30.1 Å². The van der Waals surface area contributed by atoms with Gasteiger partial charge in [-0.2, -0.15) is 0 Å². The van der Waals surface area contributed by atoms with Crippen molar-refractivity contribution in [2.45, 2.75) is 32.9 Å². The summed E-state index contributed by atoms with van der Waals surface area (Å²) in [4.78, 5) is 35.3. The van der Waals surface area contributed by atoms with Gasteiger partial charge in [-0.15, -0.1) is 0 Å². The highest BCUT2D eigenvalue weighted by molar-refractivity contribution is 5.97. The zero-order valence-electron chi connectivity index (χ0n) is 16.2. The fourth-order valence-corrected chi connectivity index (χ4v) is 2.17. The van der Waals surface area contributed by atoms with Crippen LogP contribution in [0.25, 0.3) is 0 Å².